The van der Waals surface area contributed by atoms with Crippen LogP contribution in [0.4, 0.5) is 0 Å². The van der Waals surface area contributed by atoms with Crippen LogP contribution in [0.2, 0.25) is 0 Å². The summed E-state index contributed by atoms with van der Waals surface area (Å²) in [5.74, 6) is 1.13. The molecular weight excluding hydrogens is 242 g/mol. The average molecular weight is 267 g/mol. The van der Waals surface area contributed by atoms with Gasteiger partial charge in [0, 0.05) is 17.0 Å². The first-order valence-electron chi connectivity index (χ1n) is 6.79. The Hall–Kier alpha value is -0.960. The quantitative estimate of drug-likeness (QED) is 0.776. The van der Waals surface area contributed by atoms with E-state index in [-0.39, 0.29) is 5.91 Å². The second kappa shape index (κ2) is 11.1. The van der Waals surface area contributed by atoms with Crippen LogP contribution >= 0.6 is 11.8 Å². The Morgan fingerprint density at radius 2 is 1.94 bits per heavy atom. The van der Waals surface area contributed by atoms with E-state index in [0.717, 1.165) is 30.7 Å². The molecule has 18 heavy (non-hydrogen) atoms. The summed E-state index contributed by atoms with van der Waals surface area (Å²) in [6.45, 7) is 8.95. The largest absolute Gasteiger partial charge is 0.352 e. The number of rotatable bonds is 6. The fourth-order valence-corrected chi connectivity index (χ4v) is 2.11. The normalized spacial score (nSPS) is 9.33. The van der Waals surface area contributed by atoms with Gasteiger partial charge in [0.25, 0.3) is 5.91 Å². The van der Waals surface area contributed by atoms with Crippen LogP contribution in [-0.2, 0) is 0 Å². The SMILES string of the molecule is CC.CCCNC(=O)c1cccc(SCCC)c1. The van der Waals surface area contributed by atoms with Gasteiger partial charge in [-0.15, -0.1) is 11.8 Å². The molecule has 0 aliphatic rings. The van der Waals surface area contributed by atoms with E-state index >= 15 is 0 Å². The molecule has 0 saturated heterocycles. The lowest BCUT2D eigenvalue weighted by molar-refractivity contribution is 0.0953. The Bertz CT molecular complexity index is 339. The van der Waals surface area contributed by atoms with Gasteiger partial charge < -0.3 is 5.32 Å². The van der Waals surface area contributed by atoms with Gasteiger partial charge in [0.15, 0.2) is 0 Å². The zero-order valence-electron chi connectivity index (χ0n) is 12.0. The molecule has 0 aliphatic heterocycles. The highest BCUT2D eigenvalue weighted by atomic mass is 32.2. The van der Waals surface area contributed by atoms with Crippen molar-refractivity contribution < 1.29 is 4.79 Å². The molecule has 0 atom stereocenters. The monoisotopic (exact) mass is 267 g/mol. The first kappa shape index (κ1) is 17.0. The van der Waals surface area contributed by atoms with Crippen molar-refractivity contribution in [1.82, 2.24) is 5.32 Å². The van der Waals surface area contributed by atoms with Gasteiger partial charge in [0.2, 0.25) is 0 Å². The van der Waals surface area contributed by atoms with E-state index in [1.807, 2.05) is 39.0 Å². The molecule has 1 rings (SSSR count). The minimum atomic E-state index is 0.0285. The molecule has 1 aromatic rings. The van der Waals surface area contributed by atoms with Gasteiger partial charge in [-0.3, -0.25) is 4.79 Å². The molecule has 0 heterocycles. The molecule has 1 amide bonds. The van der Waals surface area contributed by atoms with Crippen molar-refractivity contribution >= 4 is 17.7 Å². The van der Waals surface area contributed by atoms with Crippen molar-refractivity contribution in [3.63, 3.8) is 0 Å². The number of carbonyl (C=O) groups is 1. The summed E-state index contributed by atoms with van der Waals surface area (Å²) in [5, 5.41) is 2.88. The molecule has 1 N–H and O–H groups in total. The molecule has 0 aliphatic carbocycles. The number of hydrogen-bond acceptors (Lipinski definition) is 2. The first-order chi connectivity index (χ1) is 8.77. The van der Waals surface area contributed by atoms with Crippen LogP contribution in [0.15, 0.2) is 29.2 Å². The highest BCUT2D eigenvalue weighted by molar-refractivity contribution is 7.99. The standard InChI is InChI=1S/C13H19NOS.C2H6/c1-3-8-14-13(15)11-6-5-7-12(10-11)16-9-4-2;1-2/h5-7,10H,3-4,8-9H2,1-2H3,(H,14,15);1-2H3. The maximum Gasteiger partial charge on any atom is 0.251 e. The van der Waals surface area contributed by atoms with E-state index in [9.17, 15) is 4.79 Å². The summed E-state index contributed by atoms with van der Waals surface area (Å²) < 4.78 is 0. The minimum Gasteiger partial charge on any atom is -0.352 e. The number of hydrogen-bond donors (Lipinski definition) is 1. The minimum absolute atomic E-state index is 0.0285. The Kier molecular flexibility index (Phi) is 10.6. The van der Waals surface area contributed by atoms with E-state index < -0.39 is 0 Å². The predicted octanol–water partition coefficient (Wildman–Crippen LogP) is 4.35. The van der Waals surface area contributed by atoms with Gasteiger partial charge in [-0.2, -0.15) is 0 Å². The maximum absolute atomic E-state index is 11.7. The van der Waals surface area contributed by atoms with Crippen LogP contribution in [0.1, 0.15) is 50.9 Å². The number of amides is 1. The van der Waals surface area contributed by atoms with Crippen LogP contribution in [0.5, 0.6) is 0 Å². The van der Waals surface area contributed by atoms with Gasteiger partial charge >= 0.3 is 0 Å². The summed E-state index contributed by atoms with van der Waals surface area (Å²) >= 11 is 1.80. The molecule has 1 aromatic carbocycles. The van der Waals surface area contributed by atoms with Crippen molar-refractivity contribution in [2.45, 2.75) is 45.4 Å². The van der Waals surface area contributed by atoms with Crippen molar-refractivity contribution in [2.24, 2.45) is 0 Å². The lowest BCUT2D eigenvalue weighted by Gasteiger charge is -2.05. The Balaban J connectivity index is 0.00000137. The molecule has 0 spiro atoms. The van der Waals surface area contributed by atoms with Gasteiger partial charge in [-0.25, -0.2) is 0 Å². The van der Waals surface area contributed by atoms with E-state index in [0.29, 0.717) is 0 Å². The fourth-order valence-electron chi connectivity index (χ4n) is 1.29. The lowest BCUT2D eigenvalue weighted by atomic mass is 10.2. The van der Waals surface area contributed by atoms with Crippen LogP contribution in [-0.4, -0.2) is 18.2 Å². The third-order valence-electron chi connectivity index (χ3n) is 2.10. The first-order valence-corrected chi connectivity index (χ1v) is 7.77. The highest BCUT2D eigenvalue weighted by Crippen LogP contribution is 2.19. The van der Waals surface area contributed by atoms with Crippen molar-refractivity contribution in [1.29, 1.82) is 0 Å². The maximum atomic E-state index is 11.7. The molecular formula is C15H25NOS. The van der Waals surface area contributed by atoms with Crippen molar-refractivity contribution in [3.8, 4) is 0 Å². The molecule has 0 bridgehead atoms. The van der Waals surface area contributed by atoms with Crippen molar-refractivity contribution in [2.75, 3.05) is 12.3 Å². The molecule has 3 heteroatoms. The molecule has 0 fully saturated rings. The van der Waals surface area contributed by atoms with Crippen LogP contribution in [0.3, 0.4) is 0 Å². The highest BCUT2D eigenvalue weighted by Gasteiger charge is 2.04. The molecule has 102 valence electrons. The van der Waals surface area contributed by atoms with Crippen LogP contribution < -0.4 is 5.32 Å². The summed E-state index contributed by atoms with van der Waals surface area (Å²) in [5.41, 5.74) is 0.759. The summed E-state index contributed by atoms with van der Waals surface area (Å²) in [4.78, 5) is 12.9. The third kappa shape index (κ3) is 6.70. The van der Waals surface area contributed by atoms with Crippen molar-refractivity contribution in [3.05, 3.63) is 29.8 Å². The van der Waals surface area contributed by atoms with Gasteiger partial charge in [-0.1, -0.05) is 33.8 Å². The fraction of sp³-hybridized carbons (Fsp3) is 0.533. The summed E-state index contributed by atoms with van der Waals surface area (Å²) in [7, 11) is 0. The van der Waals surface area contributed by atoms with Crippen LogP contribution in [0, 0.1) is 0 Å². The summed E-state index contributed by atoms with van der Waals surface area (Å²) in [6.07, 6.45) is 2.12. The second-order valence-corrected chi connectivity index (χ2v) is 4.80. The predicted molar refractivity (Wildman–Crippen MR) is 81.4 cm³/mol. The Morgan fingerprint density at radius 1 is 1.22 bits per heavy atom. The van der Waals surface area contributed by atoms with E-state index in [4.69, 9.17) is 0 Å². The van der Waals surface area contributed by atoms with Crippen LogP contribution in [0.25, 0.3) is 0 Å². The van der Waals surface area contributed by atoms with Gasteiger partial charge in [-0.05, 0) is 36.8 Å². The smallest absolute Gasteiger partial charge is 0.251 e. The zero-order valence-corrected chi connectivity index (χ0v) is 12.8. The summed E-state index contributed by atoms with van der Waals surface area (Å²) in [6, 6.07) is 7.82. The molecule has 2 nitrogen and oxygen atoms in total. The third-order valence-corrected chi connectivity index (χ3v) is 3.30. The molecule has 0 radical (unpaired) electrons. The van der Waals surface area contributed by atoms with E-state index in [1.165, 1.54) is 4.90 Å². The van der Waals surface area contributed by atoms with Gasteiger partial charge in [0.1, 0.15) is 0 Å². The number of thioether (sulfide) groups is 1. The lowest BCUT2D eigenvalue weighted by Crippen LogP contribution is -2.23. The molecule has 0 unspecified atom stereocenters. The molecule has 0 saturated carbocycles. The second-order valence-electron chi connectivity index (χ2n) is 3.63. The van der Waals surface area contributed by atoms with Gasteiger partial charge in [0.05, 0.1) is 0 Å². The Morgan fingerprint density at radius 3 is 2.56 bits per heavy atom. The zero-order chi connectivity index (χ0) is 13.8. The number of benzene rings is 1. The number of carbonyl (C=O) groups excluding carboxylic acids is 1. The number of nitrogens with one attached hydrogen (secondary N) is 1. The Labute approximate surface area is 116 Å². The van der Waals surface area contributed by atoms with E-state index in [1.54, 1.807) is 11.8 Å². The average Bonchev–Trinajstić information content (AvgIpc) is 2.45. The molecule has 0 aromatic heterocycles. The topological polar surface area (TPSA) is 29.1 Å². The van der Waals surface area contributed by atoms with E-state index in [2.05, 4.69) is 18.3 Å².